The molecule has 3 N–H and O–H groups in total. The number of carbonyl (C=O) groups excluding carboxylic acids is 7. The summed E-state index contributed by atoms with van der Waals surface area (Å²) in [5.74, 6) is -4.35. The van der Waals surface area contributed by atoms with Crippen molar-refractivity contribution < 1.29 is 52.9 Å². The molecule has 2 heterocycles. The van der Waals surface area contributed by atoms with Crippen molar-refractivity contribution in [1.29, 1.82) is 0 Å². The molecule has 4 rings (SSSR count). The van der Waals surface area contributed by atoms with Gasteiger partial charge in [-0.3, -0.25) is 38.6 Å². The lowest BCUT2D eigenvalue weighted by Crippen LogP contribution is -2.60. The molecule has 1 aliphatic carbocycles. The lowest BCUT2D eigenvalue weighted by molar-refractivity contribution is -0.147. The van der Waals surface area contributed by atoms with E-state index in [2.05, 4.69) is 17.6 Å². The molecule has 2 unspecified atom stereocenters. The number of unbranched alkanes of at least 4 members (excludes halogenated alkanes) is 2. The standard InChI is InChI=1S/C51H78N6O11/c1-11-32(4)46(40(67-9)30-44(61)55-28-18-21-39(55)47(68-10)35(7)48(62)52-37(50(64)65)29-36-19-14-12-15-20-36)54(8)49(63)45(31(2)3)53-51(66)57(38-24-23-33(5)34(38)6)43(60)22-16-13-17-27-56-41(58)25-26-42(56)59/h12,14-15,19-20,25-26,31-35,37-40,45-47H,11,13,16-18,21-24,27-30H2,1-10H3,(H,52,62)(H,53,66)(H,64,65)/t32-,33?,34-,35+,37-,38?,39-,40+,45-,46-,47+/m0/s1. The van der Waals surface area contributed by atoms with E-state index in [0.717, 1.165) is 12.0 Å². The average Bonchev–Trinajstić information content (AvgIpc) is 4.02. The van der Waals surface area contributed by atoms with Crippen LogP contribution in [0.25, 0.3) is 0 Å². The maximum absolute atomic E-state index is 14.7. The molecule has 378 valence electrons. The van der Waals surface area contributed by atoms with Crippen LogP contribution in [-0.4, -0.2) is 149 Å². The number of carbonyl (C=O) groups is 8. The number of amides is 8. The van der Waals surface area contributed by atoms with E-state index in [-0.39, 0.29) is 85.1 Å². The van der Waals surface area contributed by atoms with E-state index < -0.39 is 60.2 Å². The van der Waals surface area contributed by atoms with Gasteiger partial charge in [-0.2, -0.15) is 0 Å². The normalized spacial score (nSPS) is 22.3. The van der Waals surface area contributed by atoms with Crippen LogP contribution in [0.5, 0.6) is 0 Å². The van der Waals surface area contributed by atoms with Crippen molar-refractivity contribution in [3.8, 4) is 0 Å². The van der Waals surface area contributed by atoms with Crippen molar-refractivity contribution in [2.24, 2.45) is 29.6 Å². The van der Waals surface area contributed by atoms with Crippen LogP contribution < -0.4 is 10.6 Å². The van der Waals surface area contributed by atoms with Crippen LogP contribution in [0.3, 0.4) is 0 Å². The Kier molecular flexibility index (Phi) is 21.2. The Morgan fingerprint density at radius 2 is 1.54 bits per heavy atom. The summed E-state index contributed by atoms with van der Waals surface area (Å²) in [6, 6.07) is 4.78. The molecule has 1 saturated carbocycles. The summed E-state index contributed by atoms with van der Waals surface area (Å²) in [6.45, 7) is 14.1. The summed E-state index contributed by atoms with van der Waals surface area (Å²) in [4.78, 5) is 113. The molecule has 2 aliphatic heterocycles. The maximum Gasteiger partial charge on any atom is 0.326 e. The van der Waals surface area contributed by atoms with Gasteiger partial charge in [0.2, 0.25) is 23.6 Å². The van der Waals surface area contributed by atoms with E-state index in [0.29, 0.717) is 51.5 Å². The number of ether oxygens (including phenoxy) is 2. The van der Waals surface area contributed by atoms with E-state index in [9.17, 15) is 43.5 Å². The topological polar surface area (TPSA) is 212 Å². The number of likely N-dealkylation sites (tertiary alicyclic amines) is 1. The van der Waals surface area contributed by atoms with Crippen molar-refractivity contribution in [1.82, 2.24) is 30.2 Å². The second-order valence-electron chi connectivity index (χ2n) is 19.6. The van der Waals surface area contributed by atoms with Gasteiger partial charge in [-0.05, 0) is 67.8 Å². The summed E-state index contributed by atoms with van der Waals surface area (Å²) < 4.78 is 12.0. The number of carboxylic acids is 1. The molecular weight excluding hydrogens is 873 g/mol. The third kappa shape index (κ3) is 14.0. The Hall–Kier alpha value is -5.16. The SMILES string of the molecule is CC[C@H](C)[C@@H]([C@@H](CC(=O)N1CCC[C@H]1[C@H](OC)[C@@H](C)C(=O)N[C@@H](Cc1ccccc1)C(=O)O)OC)N(C)C(=O)[C@@H](NC(=O)N(C(=O)CCCCCN1C(=O)C=CC1=O)C1CCC(C)[C@@H]1C)C(C)C. The molecule has 2 fully saturated rings. The molecule has 11 atom stereocenters. The first-order chi connectivity index (χ1) is 32.3. The number of aliphatic carboxylic acids is 1. The van der Waals surface area contributed by atoms with Gasteiger partial charge in [-0.15, -0.1) is 0 Å². The minimum absolute atomic E-state index is 0.0407. The van der Waals surface area contributed by atoms with Crippen LogP contribution in [0.1, 0.15) is 118 Å². The first kappa shape index (κ1) is 55.4. The summed E-state index contributed by atoms with van der Waals surface area (Å²) >= 11 is 0. The third-order valence-electron chi connectivity index (χ3n) is 14.8. The summed E-state index contributed by atoms with van der Waals surface area (Å²) in [5.41, 5.74) is 0.763. The number of nitrogens with one attached hydrogen (secondary N) is 2. The minimum atomic E-state index is -1.16. The first-order valence-corrected chi connectivity index (χ1v) is 24.6. The third-order valence-corrected chi connectivity index (χ3v) is 14.8. The van der Waals surface area contributed by atoms with Crippen molar-refractivity contribution in [3.63, 3.8) is 0 Å². The molecule has 8 amide bonds. The lowest BCUT2D eigenvalue weighted by Gasteiger charge is -2.41. The summed E-state index contributed by atoms with van der Waals surface area (Å²) in [6.07, 6.45) is 5.98. The molecule has 68 heavy (non-hydrogen) atoms. The van der Waals surface area contributed by atoms with Crippen LogP contribution in [-0.2, 0) is 49.5 Å². The molecule has 0 bridgehead atoms. The van der Waals surface area contributed by atoms with Crippen LogP contribution in [0.2, 0.25) is 0 Å². The Morgan fingerprint density at radius 1 is 0.882 bits per heavy atom. The van der Waals surface area contributed by atoms with Crippen molar-refractivity contribution >= 4 is 47.4 Å². The lowest BCUT2D eigenvalue weighted by atomic mass is 9.89. The largest absolute Gasteiger partial charge is 0.480 e. The number of hydrogen-bond donors (Lipinski definition) is 3. The zero-order chi connectivity index (χ0) is 50.4. The predicted octanol–water partition coefficient (Wildman–Crippen LogP) is 5.20. The molecular formula is C51H78N6O11. The van der Waals surface area contributed by atoms with Gasteiger partial charge in [0.1, 0.15) is 12.1 Å². The van der Waals surface area contributed by atoms with Crippen molar-refractivity contribution in [2.45, 2.75) is 162 Å². The molecule has 0 spiro atoms. The molecule has 0 radical (unpaired) electrons. The number of rotatable bonds is 25. The molecule has 3 aliphatic rings. The Bertz CT molecular complexity index is 1930. The Labute approximate surface area is 403 Å². The highest BCUT2D eigenvalue weighted by Crippen LogP contribution is 2.36. The monoisotopic (exact) mass is 951 g/mol. The smallest absolute Gasteiger partial charge is 0.326 e. The first-order valence-electron chi connectivity index (χ1n) is 24.6. The van der Waals surface area contributed by atoms with E-state index in [4.69, 9.17) is 9.47 Å². The van der Waals surface area contributed by atoms with Gasteiger partial charge in [0.25, 0.3) is 11.8 Å². The number of nitrogens with zero attached hydrogens (tertiary/aromatic N) is 4. The van der Waals surface area contributed by atoms with Gasteiger partial charge in [0.15, 0.2) is 0 Å². The van der Waals surface area contributed by atoms with Gasteiger partial charge in [-0.25, -0.2) is 9.59 Å². The molecule has 1 saturated heterocycles. The zero-order valence-electron chi connectivity index (χ0n) is 42.0. The van der Waals surface area contributed by atoms with Gasteiger partial charge in [0, 0.05) is 65.4 Å². The number of urea groups is 1. The quantitative estimate of drug-likeness (QED) is 0.0857. The van der Waals surface area contributed by atoms with E-state index in [1.54, 1.807) is 48.0 Å². The Balaban J connectivity index is 1.47. The van der Waals surface area contributed by atoms with Crippen LogP contribution in [0.4, 0.5) is 4.79 Å². The van der Waals surface area contributed by atoms with Crippen LogP contribution >= 0.6 is 0 Å². The van der Waals surface area contributed by atoms with Crippen molar-refractivity contribution in [3.05, 3.63) is 48.0 Å². The predicted molar refractivity (Wildman–Crippen MR) is 256 cm³/mol. The highest BCUT2D eigenvalue weighted by Gasteiger charge is 2.45. The molecule has 1 aromatic carbocycles. The molecule has 0 aromatic heterocycles. The highest BCUT2D eigenvalue weighted by atomic mass is 16.5. The average molecular weight is 951 g/mol. The fourth-order valence-corrected chi connectivity index (χ4v) is 10.2. The van der Waals surface area contributed by atoms with E-state index in [1.807, 2.05) is 40.7 Å². The van der Waals surface area contributed by atoms with Gasteiger partial charge < -0.3 is 35.0 Å². The fraction of sp³-hybridized carbons (Fsp3) is 0.686. The number of carboxylic acid groups (broad SMARTS) is 1. The fourth-order valence-electron chi connectivity index (χ4n) is 10.2. The van der Waals surface area contributed by atoms with Crippen LogP contribution in [0, 0.1) is 29.6 Å². The number of likely N-dealkylation sites (N-methyl/N-ethyl adjacent to an activating group) is 1. The second-order valence-corrected chi connectivity index (χ2v) is 19.6. The van der Waals surface area contributed by atoms with E-state index in [1.165, 1.54) is 36.2 Å². The van der Waals surface area contributed by atoms with Crippen molar-refractivity contribution in [2.75, 3.05) is 34.4 Å². The number of benzene rings is 1. The number of methoxy groups -OCH3 is 2. The number of hydrogen-bond acceptors (Lipinski definition) is 10. The molecule has 1 aromatic rings. The maximum atomic E-state index is 14.7. The summed E-state index contributed by atoms with van der Waals surface area (Å²) in [5, 5.41) is 15.6. The van der Waals surface area contributed by atoms with E-state index >= 15 is 0 Å². The van der Waals surface area contributed by atoms with Gasteiger partial charge in [0.05, 0.1) is 36.6 Å². The minimum Gasteiger partial charge on any atom is -0.480 e. The highest BCUT2D eigenvalue weighted by molar-refractivity contribution is 6.12. The van der Waals surface area contributed by atoms with Gasteiger partial charge >= 0.3 is 12.0 Å². The number of imide groups is 2. The zero-order valence-corrected chi connectivity index (χ0v) is 42.0. The molecule has 17 nitrogen and oxygen atoms in total. The molecule has 17 heteroatoms. The van der Waals surface area contributed by atoms with Gasteiger partial charge in [-0.1, -0.05) is 91.6 Å². The van der Waals surface area contributed by atoms with Crippen LogP contribution in [0.15, 0.2) is 42.5 Å². The second kappa shape index (κ2) is 26.0. The summed E-state index contributed by atoms with van der Waals surface area (Å²) in [7, 11) is 4.64. The Morgan fingerprint density at radius 3 is 2.10 bits per heavy atom.